The van der Waals surface area contributed by atoms with Crippen LogP contribution in [0.4, 0.5) is 11.8 Å². The van der Waals surface area contributed by atoms with Crippen molar-refractivity contribution in [2.45, 2.75) is 26.8 Å². The number of nitrogens with one attached hydrogen (secondary N) is 1. The Kier molecular flexibility index (Phi) is 3.24. The summed E-state index contributed by atoms with van der Waals surface area (Å²) < 4.78 is 0. The minimum atomic E-state index is 0.647. The maximum Gasteiger partial charge on any atom is 0.227 e. The molecule has 0 unspecified atom stereocenters. The van der Waals surface area contributed by atoms with E-state index in [0.717, 1.165) is 49.8 Å². The molecule has 0 fully saturated rings. The topological polar surface area (TPSA) is 67.1 Å². The molecule has 0 bridgehead atoms. The summed E-state index contributed by atoms with van der Waals surface area (Å²) in [5, 5.41) is 3.31. The third-order valence-electron chi connectivity index (χ3n) is 3.00. The highest BCUT2D eigenvalue weighted by Gasteiger charge is 2.17. The van der Waals surface area contributed by atoms with Crippen LogP contribution >= 0.6 is 0 Å². The first kappa shape index (κ1) is 11.1. The highest BCUT2D eigenvalue weighted by atomic mass is 15.3. The molecular formula is C11H19N5. The molecule has 2 rings (SSSR count). The largest absolute Gasteiger partial charge is 0.383 e. The molecule has 5 nitrogen and oxygen atoms in total. The van der Waals surface area contributed by atoms with Gasteiger partial charge in [0.05, 0.1) is 5.69 Å². The normalized spacial score (nSPS) is 14.6. The number of fused-ring (bicyclic) bond motifs is 1. The molecule has 5 heteroatoms. The molecular weight excluding hydrogens is 202 g/mol. The van der Waals surface area contributed by atoms with Crippen LogP contribution in [-0.4, -0.2) is 29.6 Å². The number of anilines is 2. The second-order valence-corrected chi connectivity index (χ2v) is 3.93. The minimum absolute atomic E-state index is 0.647. The monoisotopic (exact) mass is 221 g/mol. The van der Waals surface area contributed by atoms with E-state index in [2.05, 4.69) is 34.0 Å². The number of rotatable bonds is 3. The van der Waals surface area contributed by atoms with E-state index >= 15 is 0 Å². The number of nitrogen functional groups attached to an aromatic ring is 1. The van der Waals surface area contributed by atoms with Gasteiger partial charge in [-0.15, -0.1) is 0 Å². The van der Waals surface area contributed by atoms with Crippen LogP contribution in [0.25, 0.3) is 0 Å². The first-order valence-electron chi connectivity index (χ1n) is 5.87. The highest BCUT2D eigenvalue weighted by Crippen LogP contribution is 2.20. The molecule has 0 saturated carbocycles. The quantitative estimate of drug-likeness (QED) is 0.780. The maximum atomic E-state index is 5.98. The van der Waals surface area contributed by atoms with E-state index in [9.17, 15) is 0 Å². The number of aromatic nitrogens is 2. The van der Waals surface area contributed by atoms with E-state index in [1.807, 2.05) is 0 Å². The van der Waals surface area contributed by atoms with Gasteiger partial charge < -0.3 is 16.0 Å². The van der Waals surface area contributed by atoms with Crippen molar-refractivity contribution in [3.05, 3.63) is 11.3 Å². The van der Waals surface area contributed by atoms with Crippen molar-refractivity contribution >= 4 is 11.8 Å². The zero-order valence-electron chi connectivity index (χ0n) is 9.95. The molecule has 0 atom stereocenters. The van der Waals surface area contributed by atoms with Crippen molar-refractivity contribution in [3.63, 3.8) is 0 Å². The van der Waals surface area contributed by atoms with Crippen molar-refractivity contribution < 1.29 is 0 Å². The SMILES string of the molecule is CCN(CC)c1nc(N)c2c(n1)CNCC2. The first-order chi connectivity index (χ1) is 7.76. The number of hydrogen-bond donors (Lipinski definition) is 2. The first-order valence-corrected chi connectivity index (χ1v) is 5.87. The standard InChI is InChI=1S/C11H19N5/c1-3-16(4-2)11-14-9-7-13-6-5-8(9)10(12)15-11/h13H,3-7H2,1-2H3,(H2,12,14,15). The summed E-state index contributed by atoms with van der Waals surface area (Å²) >= 11 is 0. The van der Waals surface area contributed by atoms with Crippen LogP contribution in [0.15, 0.2) is 0 Å². The Bertz CT molecular complexity index is 373. The van der Waals surface area contributed by atoms with Gasteiger partial charge in [0, 0.05) is 25.2 Å². The van der Waals surface area contributed by atoms with Crippen molar-refractivity contribution in [3.8, 4) is 0 Å². The van der Waals surface area contributed by atoms with Gasteiger partial charge in [-0.3, -0.25) is 0 Å². The Morgan fingerprint density at radius 2 is 2.06 bits per heavy atom. The number of hydrogen-bond acceptors (Lipinski definition) is 5. The predicted octanol–water partition coefficient (Wildman–Crippen LogP) is 0.551. The molecule has 0 radical (unpaired) electrons. The molecule has 16 heavy (non-hydrogen) atoms. The Morgan fingerprint density at radius 1 is 1.31 bits per heavy atom. The summed E-state index contributed by atoms with van der Waals surface area (Å²) in [5.41, 5.74) is 8.16. The summed E-state index contributed by atoms with van der Waals surface area (Å²) in [7, 11) is 0. The zero-order chi connectivity index (χ0) is 11.5. The average Bonchev–Trinajstić information content (AvgIpc) is 2.31. The Balaban J connectivity index is 2.38. The lowest BCUT2D eigenvalue weighted by atomic mass is 10.1. The molecule has 0 aliphatic carbocycles. The van der Waals surface area contributed by atoms with Gasteiger partial charge in [0.2, 0.25) is 5.95 Å². The molecule has 0 spiro atoms. The van der Waals surface area contributed by atoms with E-state index in [0.29, 0.717) is 5.82 Å². The fourth-order valence-electron chi connectivity index (χ4n) is 2.02. The van der Waals surface area contributed by atoms with Gasteiger partial charge in [-0.2, -0.15) is 4.98 Å². The van der Waals surface area contributed by atoms with Crippen molar-refractivity contribution in [2.75, 3.05) is 30.3 Å². The molecule has 0 saturated heterocycles. The third-order valence-corrected chi connectivity index (χ3v) is 3.00. The fraction of sp³-hybridized carbons (Fsp3) is 0.636. The molecule has 1 aromatic rings. The summed E-state index contributed by atoms with van der Waals surface area (Å²) in [6.07, 6.45) is 0.930. The van der Waals surface area contributed by atoms with Gasteiger partial charge >= 0.3 is 0 Å². The molecule has 0 aromatic carbocycles. The second-order valence-electron chi connectivity index (χ2n) is 3.93. The lowest BCUT2D eigenvalue weighted by Gasteiger charge is -2.23. The van der Waals surface area contributed by atoms with Crippen molar-refractivity contribution in [2.24, 2.45) is 0 Å². The summed E-state index contributed by atoms with van der Waals surface area (Å²) in [6.45, 7) is 7.77. The van der Waals surface area contributed by atoms with Gasteiger partial charge in [0.15, 0.2) is 0 Å². The molecule has 1 aliphatic heterocycles. The highest BCUT2D eigenvalue weighted by molar-refractivity contribution is 5.49. The fourth-order valence-corrected chi connectivity index (χ4v) is 2.02. The van der Waals surface area contributed by atoms with Gasteiger partial charge in [0.1, 0.15) is 5.82 Å². The van der Waals surface area contributed by atoms with Crippen LogP contribution in [0.5, 0.6) is 0 Å². The van der Waals surface area contributed by atoms with E-state index in [1.165, 1.54) is 0 Å². The van der Waals surface area contributed by atoms with Crippen molar-refractivity contribution in [1.82, 2.24) is 15.3 Å². The number of nitrogens with zero attached hydrogens (tertiary/aromatic N) is 3. The maximum absolute atomic E-state index is 5.98. The van der Waals surface area contributed by atoms with E-state index in [4.69, 9.17) is 5.73 Å². The smallest absolute Gasteiger partial charge is 0.227 e. The van der Waals surface area contributed by atoms with Gasteiger partial charge in [0.25, 0.3) is 0 Å². The van der Waals surface area contributed by atoms with Gasteiger partial charge in [-0.05, 0) is 26.8 Å². The molecule has 1 aromatic heterocycles. The summed E-state index contributed by atoms with van der Waals surface area (Å²) in [4.78, 5) is 11.1. The third kappa shape index (κ3) is 1.95. The zero-order valence-corrected chi connectivity index (χ0v) is 9.95. The van der Waals surface area contributed by atoms with Crippen LogP contribution in [0, 0.1) is 0 Å². The molecule has 1 aliphatic rings. The molecule has 88 valence electrons. The van der Waals surface area contributed by atoms with Crippen LogP contribution in [0.3, 0.4) is 0 Å². The van der Waals surface area contributed by atoms with Gasteiger partial charge in [-0.1, -0.05) is 0 Å². The van der Waals surface area contributed by atoms with Gasteiger partial charge in [-0.25, -0.2) is 4.98 Å². The van der Waals surface area contributed by atoms with Crippen LogP contribution in [0.2, 0.25) is 0 Å². The second kappa shape index (κ2) is 4.65. The average molecular weight is 221 g/mol. The van der Waals surface area contributed by atoms with Crippen LogP contribution in [0.1, 0.15) is 25.1 Å². The molecule has 0 amide bonds. The van der Waals surface area contributed by atoms with Crippen LogP contribution in [-0.2, 0) is 13.0 Å². The van der Waals surface area contributed by atoms with E-state index < -0.39 is 0 Å². The molecule has 2 heterocycles. The summed E-state index contributed by atoms with van der Waals surface area (Å²) in [6, 6.07) is 0. The lowest BCUT2D eigenvalue weighted by Crippen LogP contribution is -2.30. The van der Waals surface area contributed by atoms with Crippen molar-refractivity contribution in [1.29, 1.82) is 0 Å². The lowest BCUT2D eigenvalue weighted by molar-refractivity contribution is 0.622. The van der Waals surface area contributed by atoms with E-state index in [1.54, 1.807) is 0 Å². The Labute approximate surface area is 96.1 Å². The Hall–Kier alpha value is -1.36. The number of nitrogens with two attached hydrogens (primary N) is 1. The Morgan fingerprint density at radius 3 is 2.75 bits per heavy atom. The predicted molar refractivity (Wildman–Crippen MR) is 65.4 cm³/mol. The summed E-state index contributed by atoms with van der Waals surface area (Å²) in [5.74, 6) is 1.40. The molecule has 3 N–H and O–H groups in total. The minimum Gasteiger partial charge on any atom is -0.383 e. The van der Waals surface area contributed by atoms with E-state index in [-0.39, 0.29) is 0 Å². The van der Waals surface area contributed by atoms with Crippen LogP contribution < -0.4 is 16.0 Å².